The Bertz CT molecular complexity index is 2690. The van der Waals surface area contributed by atoms with Gasteiger partial charge in [0.2, 0.25) is 0 Å². The van der Waals surface area contributed by atoms with Gasteiger partial charge in [-0.3, -0.25) is 0 Å². The van der Waals surface area contributed by atoms with Crippen molar-refractivity contribution in [2.24, 2.45) is 11.8 Å². The van der Waals surface area contributed by atoms with Crippen LogP contribution in [0.5, 0.6) is 0 Å². The van der Waals surface area contributed by atoms with E-state index in [1.54, 1.807) is 0 Å². The standard InChI is InChI=1S/C53H49N3/c1-4-15-36(16-5-1)39-21-14-22-43(31-39)55-49-25-12-11-24-45(49)47-32-40(28-30-51(47)55)41-27-29-46-44-23-10-13-26-50(44)56(52(46)34-41)53-35-42(37-17-6-2-7-18-37)33-48(54-53)38-19-8-3-9-20-38/h1,4-6,8,10-17,19-26,31-34,37,42,53-54H,2-3,7,9,18,27-30,35H2. The molecule has 0 saturated heterocycles. The van der Waals surface area contributed by atoms with Crippen molar-refractivity contribution < 1.29 is 0 Å². The summed E-state index contributed by atoms with van der Waals surface area (Å²) in [4.78, 5) is 0. The Hall–Kier alpha value is -5.80. The Morgan fingerprint density at radius 1 is 0.643 bits per heavy atom. The summed E-state index contributed by atoms with van der Waals surface area (Å²) in [5.74, 6) is 1.11. The van der Waals surface area contributed by atoms with Crippen LogP contribution < -0.4 is 5.32 Å². The number of nitrogens with one attached hydrogen (secondary N) is 1. The van der Waals surface area contributed by atoms with Gasteiger partial charge in [0.15, 0.2) is 0 Å². The average molecular weight is 728 g/mol. The first-order valence-corrected chi connectivity index (χ1v) is 21.1. The second-order valence-electron chi connectivity index (χ2n) is 16.5. The monoisotopic (exact) mass is 727 g/mol. The average Bonchev–Trinajstić information content (AvgIpc) is 3.79. The molecule has 56 heavy (non-hydrogen) atoms. The molecule has 3 heteroatoms. The molecule has 0 bridgehead atoms. The predicted octanol–water partition coefficient (Wildman–Crippen LogP) is 13.2. The van der Waals surface area contributed by atoms with Crippen molar-refractivity contribution in [3.63, 3.8) is 0 Å². The normalized spacial score (nSPS) is 21.8. The van der Waals surface area contributed by atoms with E-state index in [2.05, 4.69) is 166 Å². The van der Waals surface area contributed by atoms with E-state index in [1.807, 2.05) is 0 Å². The van der Waals surface area contributed by atoms with Crippen LogP contribution in [0.25, 0.3) is 50.8 Å². The quantitative estimate of drug-likeness (QED) is 0.170. The molecule has 2 aromatic heterocycles. The largest absolute Gasteiger partial charge is 0.365 e. The zero-order chi connectivity index (χ0) is 37.0. The Labute approximate surface area is 330 Å². The van der Waals surface area contributed by atoms with Crippen molar-refractivity contribution >= 4 is 34.0 Å². The Balaban J connectivity index is 1.00. The first-order chi connectivity index (χ1) is 27.8. The molecule has 3 unspecified atom stereocenters. The summed E-state index contributed by atoms with van der Waals surface area (Å²) in [5, 5.41) is 6.89. The summed E-state index contributed by atoms with van der Waals surface area (Å²) in [6, 6.07) is 38.1. The number of hydrogen-bond donors (Lipinski definition) is 1. The van der Waals surface area contributed by atoms with Gasteiger partial charge in [-0.1, -0.05) is 115 Å². The lowest BCUT2D eigenvalue weighted by Crippen LogP contribution is -2.35. The number of aromatic nitrogens is 2. The number of aryl methyl sites for hydroxylation is 1. The maximum Gasteiger partial charge on any atom is 0.104 e. The highest BCUT2D eigenvalue weighted by molar-refractivity contribution is 5.95. The fourth-order valence-electron chi connectivity index (χ4n) is 10.6. The van der Waals surface area contributed by atoms with Gasteiger partial charge in [0, 0.05) is 39.1 Å². The summed E-state index contributed by atoms with van der Waals surface area (Å²) in [7, 11) is 0. The number of nitrogens with zero attached hydrogens (tertiary/aromatic N) is 2. The molecule has 4 aliphatic carbocycles. The zero-order valence-electron chi connectivity index (χ0n) is 32.1. The van der Waals surface area contributed by atoms with Crippen LogP contribution in [0.1, 0.15) is 80.0 Å². The number of fused-ring (bicyclic) bond motifs is 6. The SMILES string of the molecule is C1=CC(C2=CC(C3C=CCCC3)CC(n3c4c(c5ccccc53)CCC(C3=Cc5c(n(-c6cccc(-c7ccccc7)c6)c6ccccc56)CC3)=C4)N2)=CCC1. The summed E-state index contributed by atoms with van der Waals surface area (Å²) >= 11 is 0. The van der Waals surface area contributed by atoms with Crippen LogP contribution in [0.15, 0.2) is 162 Å². The van der Waals surface area contributed by atoms with Crippen LogP contribution in [0, 0.1) is 11.8 Å². The highest BCUT2D eigenvalue weighted by Gasteiger charge is 2.33. The first-order valence-electron chi connectivity index (χ1n) is 21.1. The highest BCUT2D eigenvalue weighted by Crippen LogP contribution is 2.45. The molecular formula is C53H49N3. The van der Waals surface area contributed by atoms with Gasteiger partial charge < -0.3 is 14.5 Å². The molecule has 4 aromatic carbocycles. The van der Waals surface area contributed by atoms with E-state index >= 15 is 0 Å². The van der Waals surface area contributed by atoms with Crippen molar-refractivity contribution in [3.05, 3.63) is 185 Å². The second kappa shape index (κ2) is 14.0. The fourth-order valence-corrected chi connectivity index (χ4v) is 10.6. The van der Waals surface area contributed by atoms with Crippen LogP contribution in [0.2, 0.25) is 0 Å². The molecular weight excluding hydrogens is 679 g/mol. The van der Waals surface area contributed by atoms with Crippen molar-refractivity contribution in [1.82, 2.24) is 14.5 Å². The maximum atomic E-state index is 4.13. The molecule has 3 nitrogen and oxygen atoms in total. The van der Waals surface area contributed by atoms with Gasteiger partial charge in [-0.05, 0) is 146 Å². The van der Waals surface area contributed by atoms with E-state index in [1.165, 1.54) is 103 Å². The van der Waals surface area contributed by atoms with E-state index < -0.39 is 0 Å². The Morgan fingerprint density at radius 2 is 1.45 bits per heavy atom. The van der Waals surface area contributed by atoms with Crippen LogP contribution in [-0.4, -0.2) is 9.13 Å². The number of para-hydroxylation sites is 2. The third-order valence-electron chi connectivity index (χ3n) is 13.3. The predicted molar refractivity (Wildman–Crippen MR) is 235 cm³/mol. The molecule has 3 atom stereocenters. The van der Waals surface area contributed by atoms with Crippen molar-refractivity contribution in [2.45, 2.75) is 70.4 Å². The smallest absolute Gasteiger partial charge is 0.104 e. The van der Waals surface area contributed by atoms with Crippen molar-refractivity contribution in [3.8, 4) is 16.8 Å². The zero-order valence-corrected chi connectivity index (χ0v) is 32.1. The van der Waals surface area contributed by atoms with Crippen LogP contribution in [0.3, 0.4) is 0 Å². The van der Waals surface area contributed by atoms with Gasteiger partial charge in [0.1, 0.15) is 6.17 Å². The Morgan fingerprint density at radius 3 is 2.30 bits per heavy atom. The van der Waals surface area contributed by atoms with Gasteiger partial charge >= 0.3 is 0 Å². The van der Waals surface area contributed by atoms with Crippen molar-refractivity contribution in [1.29, 1.82) is 0 Å². The number of benzene rings is 4. The lowest BCUT2D eigenvalue weighted by Gasteiger charge is -2.37. The fraction of sp³-hybridized carbons (Fsp3) is 0.245. The van der Waals surface area contributed by atoms with E-state index in [9.17, 15) is 0 Å². The molecule has 0 fully saturated rings. The topological polar surface area (TPSA) is 21.9 Å². The first kappa shape index (κ1) is 33.5. The van der Waals surface area contributed by atoms with Crippen molar-refractivity contribution in [2.75, 3.05) is 0 Å². The van der Waals surface area contributed by atoms with E-state index in [0.717, 1.165) is 44.9 Å². The minimum absolute atomic E-state index is 0.187. The molecule has 11 rings (SSSR count). The minimum atomic E-state index is 0.187. The molecule has 276 valence electrons. The van der Waals surface area contributed by atoms with Gasteiger partial charge in [-0.25, -0.2) is 0 Å². The summed E-state index contributed by atoms with van der Waals surface area (Å²) in [6.45, 7) is 0. The van der Waals surface area contributed by atoms with Gasteiger partial charge in [-0.15, -0.1) is 0 Å². The van der Waals surface area contributed by atoms with E-state index in [-0.39, 0.29) is 6.17 Å². The number of rotatable bonds is 6. The lowest BCUT2D eigenvalue weighted by atomic mass is 9.79. The lowest BCUT2D eigenvalue weighted by molar-refractivity contribution is 0.291. The van der Waals surface area contributed by atoms with Gasteiger partial charge in [-0.2, -0.15) is 0 Å². The number of hydrogen-bond acceptors (Lipinski definition) is 1. The van der Waals surface area contributed by atoms with E-state index in [4.69, 9.17) is 0 Å². The highest BCUT2D eigenvalue weighted by atomic mass is 15.2. The summed E-state index contributed by atoms with van der Waals surface area (Å²) in [5.41, 5.74) is 17.8. The molecule has 1 aliphatic heterocycles. The molecule has 0 amide bonds. The molecule has 5 aliphatic rings. The summed E-state index contributed by atoms with van der Waals surface area (Å²) < 4.78 is 5.23. The minimum Gasteiger partial charge on any atom is -0.365 e. The molecule has 0 spiro atoms. The van der Waals surface area contributed by atoms with E-state index in [0.29, 0.717) is 11.8 Å². The molecule has 1 N–H and O–H groups in total. The van der Waals surface area contributed by atoms with Gasteiger partial charge in [0.25, 0.3) is 0 Å². The van der Waals surface area contributed by atoms with Crippen LogP contribution in [0.4, 0.5) is 0 Å². The Kier molecular flexibility index (Phi) is 8.41. The molecule has 6 aromatic rings. The third-order valence-corrected chi connectivity index (χ3v) is 13.3. The molecule has 3 heterocycles. The second-order valence-corrected chi connectivity index (χ2v) is 16.5. The third kappa shape index (κ3) is 5.79. The molecule has 0 radical (unpaired) electrons. The van der Waals surface area contributed by atoms with Gasteiger partial charge in [0.05, 0.1) is 11.0 Å². The molecule has 0 saturated carbocycles. The maximum absolute atomic E-state index is 4.13. The van der Waals surface area contributed by atoms with Crippen LogP contribution in [-0.2, 0) is 12.8 Å². The summed E-state index contributed by atoms with van der Waals surface area (Å²) in [6.07, 6.45) is 31.4. The number of allylic oxidation sites excluding steroid dienone is 8. The van der Waals surface area contributed by atoms with Crippen LogP contribution >= 0.6 is 0 Å².